The number of hydrogen-bond donors (Lipinski definition) is 0. The minimum absolute atomic E-state index is 0.135. The molecule has 138 valence electrons. The number of carbonyl (C=O) groups excluding carboxylic acids is 2. The number of halogens is 1. The minimum Gasteiger partial charge on any atom is -0.497 e. The van der Waals surface area contributed by atoms with Crippen molar-refractivity contribution in [1.82, 2.24) is 9.55 Å². The molecule has 2 aromatic carbocycles. The topological polar surface area (TPSA) is 70.4 Å². The van der Waals surface area contributed by atoms with E-state index in [-0.39, 0.29) is 17.3 Å². The summed E-state index contributed by atoms with van der Waals surface area (Å²) in [5.74, 6) is -0.800. The molecular formula is C20H17FN2O4. The first-order chi connectivity index (χ1) is 13.0. The Bertz CT molecular complexity index is 949. The summed E-state index contributed by atoms with van der Waals surface area (Å²) in [6, 6.07) is 12.1. The van der Waals surface area contributed by atoms with Crippen LogP contribution >= 0.6 is 0 Å². The summed E-state index contributed by atoms with van der Waals surface area (Å²) in [7, 11) is 1.53. The van der Waals surface area contributed by atoms with Gasteiger partial charge in [0, 0.05) is 11.3 Å². The Morgan fingerprint density at radius 3 is 2.37 bits per heavy atom. The van der Waals surface area contributed by atoms with Crippen LogP contribution in [0.2, 0.25) is 0 Å². The van der Waals surface area contributed by atoms with Crippen molar-refractivity contribution >= 4 is 11.8 Å². The van der Waals surface area contributed by atoms with Crippen molar-refractivity contribution in [3.8, 4) is 11.4 Å². The van der Waals surface area contributed by atoms with Crippen LogP contribution in [0.15, 0.2) is 61.1 Å². The van der Waals surface area contributed by atoms with E-state index in [0.29, 0.717) is 17.0 Å². The van der Waals surface area contributed by atoms with Crippen LogP contribution in [-0.4, -0.2) is 34.5 Å². The van der Waals surface area contributed by atoms with Crippen LogP contribution in [-0.2, 0) is 4.74 Å². The molecule has 0 saturated carbocycles. The zero-order valence-corrected chi connectivity index (χ0v) is 14.8. The molecule has 27 heavy (non-hydrogen) atoms. The molecule has 0 fully saturated rings. The molecule has 7 heteroatoms. The number of nitrogens with zero attached hydrogens (tertiary/aromatic N) is 2. The summed E-state index contributed by atoms with van der Waals surface area (Å²) in [6.45, 7) is 1.50. The van der Waals surface area contributed by atoms with E-state index < -0.39 is 12.1 Å². The lowest BCUT2D eigenvalue weighted by Crippen LogP contribution is -2.25. The van der Waals surface area contributed by atoms with Gasteiger partial charge in [-0.15, -0.1) is 0 Å². The third-order valence-corrected chi connectivity index (χ3v) is 3.98. The monoisotopic (exact) mass is 368 g/mol. The molecule has 0 aliphatic rings. The van der Waals surface area contributed by atoms with Crippen molar-refractivity contribution in [3.63, 3.8) is 0 Å². The molecule has 0 saturated heterocycles. The second-order valence-corrected chi connectivity index (χ2v) is 5.77. The lowest BCUT2D eigenvalue weighted by atomic mass is 10.1. The fourth-order valence-electron chi connectivity index (χ4n) is 2.52. The lowest BCUT2D eigenvalue weighted by molar-refractivity contribution is 0.0311. The van der Waals surface area contributed by atoms with Crippen LogP contribution in [0, 0.1) is 5.82 Å². The van der Waals surface area contributed by atoms with Gasteiger partial charge in [0.1, 0.15) is 11.6 Å². The van der Waals surface area contributed by atoms with E-state index in [1.54, 1.807) is 24.3 Å². The van der Waals surface area contributed by atoms with Gasteiger partial charge >= 0.3 is 5.97 Å². The molecule has 0 bridgehead atoms. The molecule has 3 aromatic rings. The largest absolute Gasteiger partial charge is 0.497 e. The zero-order chi connectivity index (χ0) is 19.4. The summed E-state index contributed by atoms with van der Waals surface area (Å²) >= 11 is 0. The number of Topliss-reactive ketones (excluding diaryl/α,β-unsaturated/α-hetero) is 1. The summed E-state index contributed by atoms with van der Waals surface area (Å²) in [5, 5.41) is 0. The number of hydrogen-bond acceptors (Lipinski definition) is 5. The quantitative estimate of drug-likeness (QED) is 0.492. The Kier molecular flexibility index (Phi) is 5.30. The number of aromatic nitrogens is 2. The van der Waals surface area contributed by atoms with E-state index in [2.05, 4.69) is 4.98 Å². The Morgan fingerprint density at radius 2 is 1.74 bits per heavy atom. The maximum absolute atomic E-state index is 13.1. The van der Waals surface area contributed by atoms with Gasteiger partial charge in [0.25, 0.3) is 0 Å². The normalized spacial score (nSPS) is 11.7. The average molecular weight is 368 g/mol. The molecular weight excluding hydrogens is 351 g/mol. The molecule has 1 atom stereocenters. The maximum Gasteiger partial charge on any atom is 0.357 e. The van der Waals surface area contributed by atoms with Crippen LogP contribution in [0.3, 0.4) is 0 Å². The highest BCUT2D eigenvalue weighted by molar-refractivity contribution is 6.01. The predicted octanol–water partition coefficient (Wildman–Crippen LogP) is 3.45. The molecule has 0 radical (unpaired) electrons. The Morgan fingerprint density at radius 1 is 1.07 bits per heavy atom. The van der Waals surface area contributed by atoms with Crippen molar-refractivity contribution in [1.29, 1.82) is 0 Å². The number of imidazole rings is 1. The van der Waals surface area contributed by atoms with Gasteiger partial charge in [0.15, 0.2) is 11.8 Å². The summed E-state index contributed by atoms with van der Waals surface area (Å²) in [4.78, 5) is 28.9. The van der Waals surface area contributed by atoms with Crippen LogP contribution in [0.4, 0.5) is 4.39 Å². The number of methoxy groups -OCH3 is 1. The first-order valence-electron chi connectivity index (χ1n) is 8.17. The van der Waals surface area contributed by atoms with E-state index >= 15 is 0 Å². The number of rotatable bonds is 6. The first-order valence-corrected chi connectivity index (χ1v) is 8.17. The molecule has 6 nitrogen and oxygen atoms in total. The number of esters is 1. The Labute approximate surface area is 155 Å². The molecule has 0 N–H and O–H groups in total. The summed E-state index contributed by atoms with van der Waals surface area (Å²) < 4.78 is 24.9. The molecule has 0 amide bonds. The molecule has 1 aromatic heterocycles. The minimum atomic E-state index is -0.984. The SMILES string of the molecule is COc1ccc(C(=O)C(C)OC(=O)c2cncn2-c2ccc(F)cc2)cc1. The predicted molar refractivity (Wildman–Crippen MR) is 95.7 cm³/mol. The molecule has 0 aliphatic heterocycles. The van der Waals surface area contributed by atoms with E-state index in [1.165, 1.54) is 55.4 Å². The van der Waals surface area contributed by atoms with E-state index in [4.69, 9.17) is 9.47 Å². The number of ether oxygens (including phenoxy) is 2. The van der Waals surface area contributed by atoms with Crippen molar-refractivity contribution in [2.24, 2.45) is 0 Å². The van der Waals surface area contributed by atoms with E-state index in [1.807, 2.05) is 0 Å². The molecule has 1 unspecified atom stereocenters. The summed E-state index contributed by atoms with van der Waals surface area (Å²) in [6.07, 6.45) is 1.76. The smallest absolute Gasteiger partial charge is 0.357 e. The number of benzene rings is 2. The third kappa shape index (κ3) is 4.03. The molecule has 1 heterocycles. The van der Waals surface area contributed by atoms with Gasteiger partial charge in [-0.2, -0.15) is 0 Å². The first kappa shape index (κ1) is 18.3. The fourth-order valence-corrected chi connectivity index (χ4v) is 2.52. The van der Waals surface area contributed by atoms with Crippen molar-refractivity contribution in [2.45, 2.75) is 13.0 Å². The van der Waals surface area contributed by atoms with Gasteiger partial charge in [0.05, 0.1) is 19.6 Å². The average Bonchev–Trinajstić information content (AvgIpc) is 3.18. The fraction of sp³-hybridized carbons (Fsp3) is 0.150. The zero-order valence-electron chi connectivity index (χ0n) is 14.8. The third-order valence-electron chi connectivity index (χ3n) is 3.98. The van der Waals surface area contributed by atoms with Crippen molar-refractivity contribution in [3.05, 3.63) is 78.1 Å². The van der Waals surface area contributed by atoms with Gasteiger partial charge in [-0.3, -0.25) is 9.36 Å². The van der Waals surface area contributed by atoms with Crippen LogP contribution in [0.1, 0.15) is 27.8 Å². The molecule has 0 spiro atoms. The molecule has 0 aliphatic carbocycles. The maximum atomic E-state index is 13.1. The van der Waals surface area contributed by atoms with E-state index in [0.717, 1.165) is 0 Å². The molecule has 3 rings (SSSR count). The Hall–Kier alpha value is -3.48. The summed E-state index contributed by atoms with van der Waals surface area (Å²) in [5.41, 5.74) is 1.09. The van der Waals surface area contributed by atoms with Crippen molar-refractivity contribution < 1.29 is 23.5 Å². The second-order valence-electron chi connectivity index (χ2n) is 5.77. The standard InChI is InChI=1S/C20H17FN2O4/c1-13(19(24)14-3-9-17(26-2)10-4-14)27-20(25)18-11-22-12-23(18)16-7-5-15(21)6-8-16/h3-13H,1-2H3. The van der Waals surface area contributed by atoms with Crippen LogP contribution in [0.5, 0.6) is 5.75 Å². The van der Waals surface area contributed by atoms with Crippen molar-refractivity contribution in [2.75, 3.05) is 7.11 Å². The lowest BCUT2D eigenvalue weighted by Gasteiger charge is -2.13. The van der Waals surface area contributed by atoms with Crippen LogP contribution < -0.4 is 4.74 Å². The van der Waals surface area contributed by atoms with Crippen LogP contribution in [0.25, 0.3) is 5.69 Å². The highest BCUT2D eigenvalue weighted by Crippen LogP contribution is 2.16. The highest BCUT2D eigenvalue weighted by Gasteiger charge is 2.23. The highest BCUT2D eigenvalue weighted by atomic mass is 19.1. The van der Waals surface area contributed by atoms with Gasteiger partial charge in [-0.25, -0.2) is 14.2 Å². The number of carbonyl (C=O) groups is 2. The van der Waals surface area contributed by atoms with Gasteiger partial charge < -0.3 is 9.47 Å². The second kappa shape index (κ2) is 7.82. The van der Waals surface area contributed by atoms with Gasteiger partial charge in [0.2, 0.25) is 5.78 Å². The Balaban J connectivity index is 1.74. The van der Waals surface area contributed by atoms with Gasteiger partial charge in [-0.05, 0) is 55.5 Å². The van der Waals surface area contributed by atoms with Gasteiger partial charge in [-0.1, -0.05) is 0 Å². The number of ketones is 1. The van der Waals surface area contributed by atoms with E-state index in [9.17, 15) is 14.0 Å².